The normalized spacial score (nSPS) is 10.3. The Labute approximate surface area is 118 Å². The van der Waals surface area contributed by atoms with Crippen LogP contribution in [0.25, 0.3) is 0 Å². The van der Waals surface area contributed by atoms with Gasteiger partial charge in [0.15, 0.2) is 5.78 Å². The number of carbonyl (C=O) groups is 1. The number of halogens is 1. The van der Waals surface area contributed by atoms with E-state index in [0.29, 0.717) is 28.5 Å². The van der Waals surface area contributed by atoms with Gasteiger partial charge in [0.2, 0.25) is 0 Å². The molecular weight excluding hydrogens is 260 g/mol. The topological polar surface area (TPSA) is 26.3 Å². The number of ether oxygens (including phenoxy) is 1. The molecule has 0 atom stereocenters. The number of benzene rings is 2. The zero-order chi connectivity index (χ0) is 13.8. The average molecular weight is 275 g/mol. The lowest BCUT2D eigenvalue weighted by molar-refractivity contribution is 0.103. The molecular formula is C16H15ClO2. The molecule has 0 aliphatic heterocycles. The molecule has 2 nitrogen and oxygen atoms in total. The van der Waals surface area contributed by atoms with Crippen molar-refractivity contribution in [3.05, 3.63) is 64.2 Å². The Morgan fingerprint density at radius 1 is 1.21 bits per heavy atom. The molecule has 0 fully saturated rings. The van der Waals surface area contributed by atoms with Gasteiger partial charge in [-0.3, -0.25) is 4.79 Å². The number of para-hydroxylation sites is 1. The van der Waals surface area contributed by atoms with Crippen molar-refractivity contribution >= 4 is 17.4 Å². The van der Waals surface area contributed by atoms with E-state index in [9.17, 15) is 4.79 Å². The van der Waals surface area contributed by atoms with E-state index in [1.54, 1.807) is 18.2 Å². The Hall–Kier alpha value is -1.80. The number of hydrogen-bond acceptors (Lipinski definition) is 2. The van der Waals surface area contributed by atoms with Crippen LogP contribution in [0.2, 0.25) is 5.02 Å². The Bertz CT molecular complexity index is 585. The molecule has 0 amide bonds. The zero-order valence-corrected chi connectivity index (χ0v) is 11.7. The molecule has 0 aromatic heterocycles. The first-order valence-corrected chi connectivity index (χ1v) is 6.53. The van der Waals surface area contributed by atoms with E-state index in [-0.39, 0.29) is 5.78 Å². The Kier molecular flexibility index (Phi) is 4.23. The van der Waals surface area contributed by atoms with Crippen molar-refractivity contribution in [3.8, 4) is 5.75 Å². The van der Waals surface area contributed by atoms with Crippen molar-refractivity contribution in [2.45, 2.75) is 13.8 Å². The third kappa shape index (κ3) is 3.15. The lowest BCUT2D eigenvalue weighted by Crippen LogP contribution is -2.05. The predicted molar refractivity (Wildman–Crippen MR) is 77.2 cm³/mol. The van der Waals surface area contributed by atoms with Crippen LogP contribution in [0.5, 0.6) is 5.75 Å². The highest BCUT2D eigenvalue weighted by Crippen LogP contribution is 2.23. The third-order valence-corrected chi connectivity index (χ3v) is 2.95. The summed E-state index contributed by atoms with van der Waals surface area (Å²) in [5.41, 5.74) is 2.10. The van der Waals surface area contributed by atoms with Crippen molar-refractivity contribution in [2.24, 2.45) is 0 Å². The highest BCUT2D eigenvalue weighted by atomic mass is 35.5. The molecule has 0 N–H and O–H groups in total. The molecule has 0 saturated heterocycles. The standard InChI is InChI=1S/C16H15ClO2/c1-3-19-15-7-5-4-6-14(15)16(18)12-8-11(2)9-13(17)10-12/h4-10H,3H2,1-2H3. The van der Waals surface area contributed by atoms with Gasteiger partial charge < -0.3 is 4.74 Å². The van der Waals surface area contributed by atoms with Gasteiger partial charge >= 0.3 is 0 Å². The largest absolute Gasteiger partial charge is 0.493 e. The van der Waals surface area contributed by atoms with E-state index < -0.39 is 0 Å². The van der Waals surface area contributed by atoms with E-state index in [1.807, 2.05) is 38.1 Å². The number of carbonyl (C=O) groups excluding carboxylic acids is 1. The van der Waals surface area contributed by atoms with Gasteiger partial charge in [-0.05, 0) is 49.7 Å². The van der Waals surface area contributed by atoms with E-state index in [0.717, 1.165) is 5.56 Å². The van der Waals surface area contributed by atoms with Crippen molar-refractivity contribution in [1.29, 1.82) is 0 Å². The minimum absolute atomic E-state index is 0.0744. The summed E-state index contributed by atoms with van der Waals surface area (Å²) < 4.78 is 5.49. The fraction of sp³-hybridized carbons (Fsp3) is 0.188. The molecule has 2 aromatic rings. The van der Waals surface area contributed by atoms with Gasteiger partial charge in [-0.2, -0.15) is 0 Å². The maximum absolute atomic E-state index is 12.5. The fourth-order valence-electron chi connectivity index (χ4n) is 1.96. The van der Waals surface area contributed by atoms with Crippen LogP contribution in [-0.4, -0.2) is 12.4 Å². The highest BCUT2D eigenvalue weighted by Gasteiger charge is 2.14. The first kappa shape index (κ1) is 13.6. The van der Waals surface area contributed by atoms with E-state index in [4.69, 9.17) is 16.3 Å². The van der Waals surface area contributed by atoms with Gasteiger partial charge in [-0.25, -0.2) is 0 Å². The average Bonchev–Trinajstić information content (AvgIpc) is 2.38. The summed E-state index contributed by atoms with van der Waals surface area (Å²) in [5.74, 6) is 0.530. The summed E-state index contributed by atoms with van der Waals surface area (Å²) in [7, 11) is 0. The van der Waals surface area contributed by atoms with E-state index in [1.165, 1.54) is 0 Å². The maximum atomic E-state index is 12.5. The van der Waals surface area contributed by atoms with Crippen LogP contribution in [-0.2, 0) is 0 Å². The summed E-state index contributed by atoms with van der Waals surface area (Å²) >= 11 is 6.00. The molecule has 3 heteroatoms. The van der Waals surface area contributed by atoms with Gasteiger partial charge in [-0.1, -0.05) is 23.7 Å². The fourth-order valence-corrected chi connectivity index (χ4v) is 2.25. The van der Waals surface area contributed by atoms with Crippen molar-refractivity contribution in [2.75, 3.05) is 6.61 Å². The molecule has 0 aliphatic rings. The molecule has 0 bridgehead atoms. The van der Waals surface area contributed by atoms with Gasteiger partial charge in [0.05, 0.1) is 12.2 Å². The zero-order valence-electron chi connectivity index (χ0n) is 10.9. The SMILES string of the molecule is CCOc1ccccc1C(=O)c1cc(C)cc(Cl)c1. The Morgan fingerprint density at radius 3 is 2.63 bits per heavy atom. The molecule has 0 heterocycles. The molecule has 0 aliphatic carbocycles. The summed E-state index contributed by atoms with van der Waals surface area (Å²) in [4.78, 5) is 12.5. The lowest BCUT2D eigenvalue weighted by Gasteiger charge is -2.09. The molecule has 0 saturated carbocycles. The predicted octanol–water partition coefficient (Wildman–Crippen LogP) is 4.28. The second kappa shape index (κ2) is 5.89. The lowest BCUT2D eigenvalue weighted by atomic mass is 10.0. The van der Waals surface area contributed by atoms with Crippen LogP contribution in [0.4, 0.5) is 0 Å². The van der Waals surface area contributed by atoms with Crippen molar-refractivity contribution in [3.63, 3.8) is 0 Å². The van der Waals surface area contributed by atoms with Crippen LogP contribution in [0.3, 0.4) is 0 Å². The minimum Gasteiger partial charge on any atom is -0.493 e. The third-order valence-electron chi connectivity index (χ3n) is 2.74. The number of hydrogen-bond donors (Lipinski definition) is 0. The quantitative estimate of drug-likeness (QED) is 0.778. The molecule has 98 valence electrons. The van der Waals surface area contributed by atoms with Crippen molar-refractivity contribution < 1.29 is 9.53 Å². The van der Waals surface area contributed by atoms with Gasteiger partial charge in [-0.15, -0.1) is 0 Å². The molecule has 0 unspecified atom stereocenters. The Balaban J connectivity index is 2.44. The summed E-state index contributed by atoms with van der Waals surface area (Å²) in [5, 5.41) is 0.567. The van der Waals surface area contributed by atoms with Gasteiger partial charge in [0.1, 0.15) is 5.75 Å². The second-order valence-electron chi connectivity index (χ2n) is 4.28. The molecule has 19 heavy (non-hydrogen) atoms. The van der Waals surface area contributed by atoms with Crippen molar-refractivity contribution in [1.82, 2.24) is 0 Å². The smallest absolute Gasteiger partial charge is 0.196 e. The van der Waals surface area contributed by atoms with Crippen LogP contribution in [0.1, 0.15) is 28.4 Å². The van der Waals surface area contributed by atoms with Crippen LogP contribution in [0, 0.1) is 6.92 Å². The maximum Gasteiger partial charge on any atom is 0.196 e. The second-order valence-corrected chi connectivity index (χ2v) is 4.71. The first-order chi connectivity index (χ1) is 9.11. The molecule has 0 spiro atoms. The molecule has 2 rings (SSSR count). The van der Waals surface area contributed by atoms with Crippen LogP contribution in [0.15, 0.2) is 42.5 Å². The summed E-state index contributed by atoms with van der Waals surface area (Å²) in [6.45, 7) is 4.33. The van der Waals surface area contributed by atoms with E-state index in [2.05, 4.69) is 0 Å². The summed E-state index contributed by atoms with van der Waals surface area (Å²) in [6, 6.07) is 12.6. The number of ketones is 1. The molecule has 0 radical (unpaired) electrons. The number of aryl methyl sites for hydroxylation is 1. The first-order valence-electron chi connectivity index (χ1n) is 6.15. The number of rotatable bonds is 4. The summed E-state index contributed by atoms with van der Waals surface area (Å²) in [6.07, 6.45) is 0. The van der Waals surface area contributed by atoms with Gasteiger partial charge in [0, 0.05) is 10.6 Å². The monoisotopic (exact) mass is 274 g/mol. The minimum atomic E-state index is -0.0744. The highest BCUT2D eigenvalue weighted by molar-refractivity contribution is 6.31. The van der Waals surface area contributed by atoms with Crippen LogP contribution >= 0.6 is 11.6 Å². The Morgan fingerprint density at radius 2 is 1.95 bits per heavy atom. The van der Waals surface area contributed by atoms with Gasteiger partial charge in [0.25, 0.3) is 0 Å². The van der Waals surface area contributed by atoms with E-state index >= 15 is 0 Å². The molecule has 2 aromatic carbocycles. The van der Waals surface area contributed by atoms with Crippen LogP contribution < -0.4 is 4.74 Å².